The topological polar surface area (TPSA) is 92.4 Å². The van der Waals surface area contributed by atoms with Crippen LogP contribution in [0.4, 0.5) is 0 Å². The van der Waals surface area contributed by atoms with Crippen LogP contribution in [0.25, 0.3) is 10.8 Å². The van der Waals surface area contributed by atoms with Gasteiger partial charge in [-0.1, -0.05) is 75.4 Å². The maximum atomic E-state index is 12.6. The van der Waals surface area contributed by atoms with Gasteiger partial charge in [0, 0.05) is 11.6 Å². The molecule has 1 aliphatic carbocycles. The lowest BCUT2D eigenvalue weighted by Crippen LogP contribution is -2.52. The van der Waals surface area contributed by atoms with E-state index in [9.17, 15) is 14.7 Å². The van der Waals surface area contributed by atoms with E-state index in [1.165, 1.54) is 19.3 Å². The van der Waals surface area contributed by atoms with E-state index < -0.39 is 24.0 Å². The van der Waals surface area contributed by atoms with E-state index in [4.69, 9.17) is 5.73 Å². The monoisotopic (exact) mass is 404 g/mol. The molecule has 0 heterocycles. The van der Waals surface area contributed by atoms with Gasteiger partial charge >= 0.3 is 0 Å². The second-order valence-corrected chi connectivity index (χ2v) is 7.62. The van der Waals surface area contributed by atoms with E-state index in [2.05, 4.69) is 5.32 Å². The summed E-state index contributed by atoms with van der Waals surface area (Å²) >= 11 is 0. The normalized spacial score (nSPS) is 18.0. The summed E-state index contributed by atoms with van der Waals surface area (Å²) in [5, 5.41) is 14.4. The van der Waals surface area contributed by atoms with Crippen LogP contribution in [0.1, 0.15) is 49.4 Å². The number of nitrogens with two attached hydrogens (primary N) is 1. The predicted molar refractivity (Wildman–Crippen MR) is 113 cm³/mol. The zero-order chi connectivity index (χ0) is 19.4. The van der Waals surface area contributed by atoms with Crippen LogP contribution < -0.4 is 11.1 Å². The molecule has 28 heavy (non-hydrogen) atoms. The first-order valence-electron chi connectivity index (χ1n) is 9.75. The molecule has 0 radical (unpaired) electrons. The van der Waals surface area contributed by atoms with Crippen molar-refractivity contribution in [3.05, 3.63) is 48.0 Å². The molecule has 0 bridgehead atoms. The van der Waals surface area contributed by atoms with Crippen LogP contribution in [0.5, 0.6) is 0 Å². The zero-order valence-electron chi connectivity index (χ0n) is 16.1. The van der Waals surface area contributed by atoms with Gasteiger partial charge in [0.15, 0.2) is 0 Å². The van der Waals surface area contributed by atoms with Crippen molar-refractivity contribution >= 4 is 35.0 Å². The van der Waals surface area contributed by atoms with Gasteiger partial charge in [-0.3, -0.25) is 14.9 Å². The number of halogens is 1. The third kappa shape index (κ3) is 4.90. The van der Waals surface area contributed by atoms with Crippen molar-refractivity contribution < 1.29 is 14.7 Å². The minimum atomic E-state index is -1.40. The Hall–Kier alpha value is -1.95. The Kier molecular flexibility index (Phi) is 7.98. The predicted octanol–water partition coefficient (Wildman–Crippen LogP) is 3.42. The summed E-state index contributed by atoms with van der Waals surface area (Å²) in [6, 6.07) is 12.1. The number of hydrogen-bond acceptors (Lipinski definition) is 4. The number of aliphatic hydroxyl groups is 1. The molecule has 0 aromatic heterocycles. The molecule has 0 aliphatic heterocycles. The van der Waals surface area contributed by atoms with Crippen molar-refractivity contribution in [2.24, 2.45) is 17.6 Å². The number of carbonyl (C=O) groups excluding carboxylic acids is 2. The van der Waals surface area contributed by atoms with Crippen molar-refractivity contribution in [3.63, 3.8) is 0 Å². The summed E-state index contributed by atoms with van der Waals surface area (Å²) in [6.45, 7) is 1.99. The highest BCUT2D eigenvalue weighted by Gasteiger charge is 2.33. The number of aliphatic hydroxyl groups excluding tert-OH is 1. The fourth-order valence-electron chi connectivity index (χ4n) is 4.11. The number of rotatable bonds is 5. The number of benzene rings is 2. The molecule has 152 valence electrons. The maximum absolute atomic E-state index is 12.6. The van der Waals surface area contributed by atoms with E-state index >= 15 is 0 Å². The quantitative estimate of drug-likeness (QED) is 0.711. The van der Waals surface area contributed by atoms with Crippen LogP contribution >= 0.6 is 12.4 Å². The average molecular weight is 405 g/mol. The maximum Gasteiger partial charge on any atom is 0.258 e. The molecule has 1 aliphatic rings. The van der Waals surface area contributed by atoms with Gasteiger partial charge < -0.3 is 10.8 Å². The first-order valence-corrected chi connectivity index (χ1v) is 9.75. The lowest BCUT2D eigenvalue weighted by molar-refractivity contribution is -0.130. The van der Waals surface area contributed by atoms with Crippen molar-refractivity contribution in [1.29, 1.82) is 0 Å². The molecule has 0 spiro atoms. The minimum absolute atomic E-state index is 0. The van der Waals surface area contributed by atoms with Gasteiger partial charge in [-0.2, -0.15) is 0 Å². The summed E-state index contributed by atoms with van der Waals surface area (Å²) in [5.41, 5.74) is 6.58. The molecule has 1 unspecified atom stereocenters. The molecule has 2 aromatic rings. The number of carbonyl (C=O) groups is 2. The highest BCUT2D eigenvalue weighted by Crippen LogP contribution is 2.31. The second-order valence-electron chi connectivity index (χ2n) is 7.62. The Balaban J connectivity index is 0.00000280. The van der Waals surface area contributed by atoms with Crippen LogP contribution in [0.2, 0.25) is 0 Å². The fourth-order valence-corrected chi connectivity index (χ4v) is 4.11. The first-order chi connectivity index (χ1) is 13.0. The van der Waals surface area contributed by atoms with Crippen molar-refractivity contribution in [2.45, 2.75) is 51.2 Å². The Labute approximate surface area is 172 Å². The number of nitrogens with one attached hydrogen (secondary N) is 1. The molecule has 1 saturated carbocycles. The third-order valence-electron chi connectivity index (χ3n) is 5.90. The van der Waals surface area contributed by atoms with Crippen LogP contribution in [0.3, 0.4) is 0 Å². The van der Waals surface area contributed by atoms with Crippen LogP contribution in [-0.4, -0.2) is 29.1 Å². The Morgan fingerprint density at radius 3 is 2.43 bits per heavy atom. The summed E-state index contributed by atoms with van der Waals surface area (Å²) in [6.07, 6.45) is 4.34. The Morgan fingerprint density at radius 2 is 1.71 bits per heavy atom. The molecule has 1 fully saturated rings. The number of amides is 2. The van der Waals surface area contributed by atoms with Gasteiger partial charge in [-0.25, -0.2) is 0 Å². The van der Waals surface area contributed by atoms with E-state index in [0.717, 1.165) is 23.6 Å². The van der Waals surface area contributed by atoms with Gasteiger partial charge in [-0.05, 0) is 28.7 Å². The highest BCUT2D eigenvalue weighted by atomic mass is 35.5. The first kappa shape index (κ1) is 22.3. The van der Waals surface area contributed by atoms with E-state index in [-0.39, 0.29) is 18.3 Å². The Morgan fingerprint density at radius 1 is 1.07 bits per heavy atom. The highest BCUT2D eigenvalue weighted by molar-refractivity contribution is 6.12. The molecule has 3 rings (SSSR count). The largest absolute Gasteiger partial charge is 0.382 e. The number of imide groups is 1. The molecular formula is C22H29ClN2O3. The van der Waals surface area contributed by atoms with Gasteiger partial charge in [0.05, 0.1) is 0 Å². The standard InChI is InChI=1S/C22H28N2O3.ClH/c1-14(15-8-3-2-4-9-15)19(23)20(25)22(27)24-21(26)18-13-7-11-16-10-5-6-12-17(16)18;/h5-7,10-15,19-20,25H,2-4,8-9,23H2,1H3,(H,24,26,27);1H/t14?,19-,20+;/m1./s1. The molecule has 2 aromatic carbocycles. The van der Waals surface area contributed by atoms with E-state index in [0.29, 0.717) is 11.5 Å². The van der Waals surface area contributed by atoms with Crippen LogP contribution in [-0.2, 0) is 4.79 Å². The summed E-state index contributed by atoms with van der Waals surface area (Å²) in [5.74, 6) is -0.805. The van der Waals surface area contributed by atoms with E-state index in [1.54, 1.807) is 12.1 Å². The molecule has 4 N–H and O–H groups in total. The lowest BCUT2D eigenvalue weighted by Gasteiger charge is -2.33. The van der Waals surface area contributed by atoms with Crippen LogP contribution in [0, 0.1) is 11.8 Å². The van der Waals surface area contributed by atoms with Crippen molar-refractivity contribution in [3.8, 4) is 0 Å². The van der Waals surface area contributed by atoms with Gasteiger partial charge in [0.2, 0.25) is 0 Å². The van der Waals surface area contributed by atoms with Crippen molar-refractivity contribution in [2.75, 3.05) is 0 Å². The minimum Gasteiger partial charge on any atom is -0.382 e. The molecule has 3 atom stereocenters. The third-order valence-corrected chi connectivity index (χ3v) is 5.90. The lowest BCUT2D eigenvalue weighted by atomic mass is 9.76. The summed E-state index contributed by atoms with van der Waals surface area (Å²) in [7, 11) is 0. The summed E-state index contributed by atoms with van der Waals surface area (Å²) < 4.78 is 0. The van der Waals surface area contributed by atoms with Crippen molar-refractivity contribution in [1.82, 2.24) is 5.32 Å². The van der Waals surface area contributed by atoms with Gasteiger partial charge in [0.25, 0.3) is 11.8 Å². The average Bonchev–Trinajstić information content (AvgIpc) is 2.72. The SMILES string of the molecule is CC(C1CCCCC1)[C@@H](N)[C@H](O)C(=O)NC(=O)c1cccc2ccccc12.Cl. The molecule has 5 nitrogen and oxygen atoms in total. The molecule has 6 heteroatoms. The number of hydrogen-bond donors (Lipinski definition) is 3. The molecule has 0 saturated heterocycles. The van der Waals surface area contributed by atoms with E-state index in [1.807, 2.05) is 37.3 Å². The fraction of sp³-hybridized carbons (Fsp3) is 0.455. The number of fused-ring (bicyclic) bond motifs is 1. The van der Waals surface area contributed by atoms with Gasteiger partial charge in [-0.15, -0.1) is 12.4 Å². The van der Waals surface area contributed by atoms with Gasteiger partial charge in [0.1, 0.15) is 6.10 Å². The second kappa shape index (κ2) is 10.0. The van der Waals surface area contributed by atoms with Crippen LogP contribution in [0.15, 0.2) is 42.5 Å². The zero-order valence-corrected chi connectivity index (χ0v) is 17.0. The smallest absolute Gasteiger partial charge is 0.258 e. The Bertz CT molecular complexity index is 815. The molecule has 2 amide bonds. The molecular weight excluding hydrogens is 376 g/mol. The summed E-state index contributed by atoms with van der Waals surface area (Å²) in [4.78, 5) is 25.0.